The van der Waals surface area contributed by atoms with Crippen molar-refractivity contribution in [1.29, 1.82) is 0 Å². The number of allylic oxidation sites excluding steroid dienone is 2. The molecule has 1 aromatic carbocycles. The molecule has 0 unspecified atom stereocenters. The summed E-state index contributed by atoms with van der Waals surface area (Å²) in [6.45, 7) is 3.49. The Balaban J connectivity index is 3.02. The normalized spacial score (nSPS) is 11.5. The van der Waals surface area contributed by atoms with Gasteiger partial charge < -0.3 is 0 Å². The van der Waals surface area contributed by atoms with Crippen LogP contribution in [0.3, 0.4) is 0 Å². The van der Waals surface area contributed by atoms with Crippen molar-refractivity contribution in [2.75, 3.05) is 0 Å². The van der Waals surface area contributed by atoms with Gasteiger partial charge in [-0.25, -0.2) is 0 Å². The lowest BCUT2D eigenvalue weighted by Crippen LogP contribution is -1.85. The van der Waals surface area contributed by atoms with Crippen molar-refractivity contribution in [3.8, 4) is 0 Å². The summed E-state index contributed by atoms with van der Waals surface area (Å²) >= 11 is 3.38. The van der Waals surface area contributed by atoms with Gasteiger partial charge in [0.15, 0.2) is 5.78 Å². The number of benzene rings is 1. The highest BCUT2D eigenvalue weighted by Gasteiger charge is 1.97. The van der Waals surface area contributed by atoms with E-state index in [2.05, 4.69) is 15.9 Å². The second-order valence-electron chi connectivity index (χ2n) is 2.95. The van der Waals surface area contributed by atoms with Gasteiger partial charge in [-0.05, 0) is 43.2 Å². The van der Waals surface area contributed by atoms with Crippen LogP contribution in [-0.2, 0) is 4.79 Å². The van der Waals surface area contributed by atoms with Crippen molar-refractivity contribution < 1.29 is 4.79 Å². The highest BCUT2D eigenvalue weighted by Crippen LogP contribution is 2.18. The van der Waals surface area contributed by atoms with Gasteiger partial charge in [0.25, 0.3) is 0 Å². The molecule has 1 rings (SSSR count). The average Bonchev–Trinajstić information content (AvgIpc) is 2.03. The van der Waals surface area contributed by atoms with E-state index in [4.69, 9.17) is 0 Å². The molecule has 0 N–H and O–H groups in total. The van der Waals surface area contributed by atoms with E-state index < -0.39 is 0 Å². The van der Waals surface area contributed by atoms with Crippen LogP contribution in [0.2, 0.25) is 0 Å². The zero-order valence-corrected chi connectivity index (χ0v) is 9.26. The van der Waals surface area contributed by atoms with E-state index in [9.17, 15) is 4.79 Å². The number of ketones is 1. The number of halogens is 1. The van der Waals surface area contributed by atoms with Crippen LogP contribution in [0.1, 0.15) is 19.4 Å². The Kier molecular flexibility index (Phi) is 3.43. The molecule has 0 saturated heterocycles. The van der Waals surface area contributed by atoms with Crippen LogP contribution in [0.15, 0.2) is 34.8 Å². The van der Waals surface area contributed by atoms with Crippen LogP contribution in [0, 0.1) is 0 Å². The molecule has 0 aliphatic carbocycles. The molecule has 13 heavy (non-hydrogen) atoms. The molecule has 0 fully saturated rings. The topological polar surface area (TPSA) is 17.1 Å². The van der Waals surface area contributed by atoms with Gasteiger partial charge in [0, 0.05) is 4.47 Å². The Morgan fingerprint density at radius 1 is 1.38 bits per heavy atom. The fourth-order valence-corrected chi connectivity index (χ4v) is 1.52. The summed E-state index contributed by atoms with van der Waals surface area (Å²) in [5.41, 5.74) is 2.07. The second-order valence-corrected chi connectivity index (χ2v) is 3.86. The summed E-state index contributed by atoms with van der Waals surface area (Å²) in [4.78, 5) is 10.8. The number of carbonyl (C=O) groups excluding carboxylic acids is 1. The van der Waals surface area contributed by atoms with Gasteiger partial charge >= 0.3 is 0 Å². The number of hydrogen-bond acceptors (Lipinski definition) is 1. The highest BCUT2D eigenvalue weighted by atomic mass is 79.9. The van der Waals surface area contributed by atoms with Gasteiger partial charge in [-0.1, -0.05) is 28.1 Å². The van der Waals surface area contributed by atoms with Gasteiger partial charge in [0.1, 0.15) is 0 Å². The molecule has 0 heterocycles. The standard InChI is InChI=1S/C11H11BrO/c1-8(6-9(2)13)10-4-3-5-11(12)7-10/h3-7H,1-2H3/b8-6+. The van der Waals surface area contributed by atoms with Crippen molar-refractivity contribution in [3.63, 3.8) is 0 Å². The van der Waals surface area contributed by atoms with Crippen LogP contribution in [0.5, 0.6) is 0 Å². The first kappa shape index (κ1) is 10.2. The van der Waals surface area contributed by atoms with E-state index in [0.29, 0.717) is 0 Å². The van der Waals surface area contributed by atoms with Crippen LogP contribution in [0.25, 0.3) is 5.57 Å². The summed E-state index contributed by atoms with van der Waals surface area (Å²) < 4.78 is 1.03. The maximum atomic E-state index is 10.8. The van der Waals surface area contributed by atoms with Crippen LogP contribution in [-0.4, -0.2) is 5.78 Å². The average molecular weight is 239 g/mol. The fourth-order valence-electron chi connectivity index (χ4n) is 1.12. The number of rotatable bonds is 2. The van der Waals surface area contributed by atoms with Gasteiger partial charge in [0.05, 0.1) is 0 Å². The van der Waals surface area contributed by atoms with Crippen molar-refractivity contribution in [1.82, 2.24) is 0 Å². The van der Waals surface area contributed by atoms with Crippen LogP contribution in [0.4, 0.5) is 0 Å². The Labute approximate surface area is 86.6 Å². The SMILES string of the molecule is CC(=O)/C=C(\C)c1cccc(Br)c1. The second kappa shape index (κ2) is 4.38. The minimum Gasteiger partial charge on any atom is -0.295 e. The van der Waals surface area contributed by atoms with Crippen molar-refractivity contribution >= 4 is 27.3 Å². The molecular formula is C11H11BrO. The Morgan fingerprint density at radius 3 is 2.62 bits per heavy atom. The van der Waals surface area contributed by atoms with E-state index in [1.807, 2.05) is 31.2 Å². The molecule has 0 atom stereocenters. The monoisotopic (exact) mass is 238 g/mol. The Morgan fingerprint density at radius 2 is 2.08 bits per heavy atom. The fraction of sp³-hybridized carbons (Fsp3) is 0.182. The molecule has 0 spiro atoms. The van der Waals surface area contributed by atoms with Gasteiger partial charge in [-0.3, -0.25) is 4.79 Å². The van der Waals surface area contributed by atoms with E-state index in [0.717, 1.165) is 15.6 Å². The maximum Gasteiger partial charge on any atom is 0.152 e. The summed E-state index contributed by atoms with van der Waals surface area (Å²) in [5, 5.41) is 0. The van der Waals surface area contributed by atoms with Gasteiger partial charge in [-0.15, -0.1) is 0 Å². The number of hydrogen-bond donors (Lipinski definition) is 0. The molecule has 0 aliphatic heterocycles. The molecule has 1 nitrogen and oxygen atoms in total. The Bertz CT molecular complexity index is 353. The maximum absolute atomic E-state index is 10.8. The Hall–Kier alpha value is -0.890. The van der Waals surface area contributed by atoms with E-state index in [1.165, 1.54) is 0 Å². The van der Waals surface area contributed by atoms with Crippen LogP contribution < -0.4 is 0 Å². The zero-order chi connectivity index (χ0) is 9.84. The first-order chi connectivity index (χ1) is 6.09. The summed E-state index contributed by atoms with van der Waals surface area (Å²) in [6.07, 6.45) is 1.64. The quantitative estimate of drug-likeness (QED) is 0.722. The molecular weight excluding hydrogens is 228 g/mol. The first-order valence-corrected chi connectivity index (χ1v) is 4.83. The lowest BCUT2D eigenvalue weighted by molar-refractivity contribution is -0.112. The van der Waals surface area contributed by atoms with Gasteiger partial charge in [0.2, 0.25) is 0 Å². The summed E-state index contributed by atoms with van der Waals surface area (Å²) in [5.74, 6) is 0.0810. The summed E-state index contributed by atoms with van der Waals surface area (Å²) in [7, 11) is 0. The highest BCUT2D eigenvalue weighted by molar-refractivity contribution is 9.10. The summed E-state index contributed by atoms with van der Waals surface area (Å²) in [6, 6.07) is 7.90. The van der Waals surface area contributed by atoms with Crippen molar-refractivity contribution in [2.45, 2.75) is 13.8 Å². The molecule has 0 radical (unpaired) electrons. The molecule has 68 valence electrons. The largest absolute Gasteiger partial charge is 0.295 e. The van der Waals surface area contributed by atoms with Gasteiger partial charge in [-0.2, -0.15) is 0 Å². The third-order valence-corrected chi connectivity index (χ3v) is 2.19. The van der Waals surface area contributed by atoms with E-state index in [1.54, 1.807) is 13.0 Å². The molecule has 0 aliphatic rings. The third-order valence-electron chi connectivity index (χ3n) is 1.70. The molecule has 0 saturated carbocycles. The zero-order valence-electron chi connectivity index (χ0n) is 7.67. The molecule has 0 bridgehead atoms. The van der Waals surface area contributed by atoms with Crippen LogP contribution >= 0.6 is 15.9 Å². The predicted molar refractivity (Wildman–Crippen MR) is 58.5 cm³/mol. The third kappa shape index (κ3) is 3.15. The molecule has 0 aromatic heterocycles. The number of carbonyl (C=O) groups is 1. The smallest absolute Gasteiger partial charge is 0.152 e. The minimum atomic E-state index is 0.0810. The van der Waals surface area contributed by atoms with E-state index >= 15 is 0 Å². The van der Waals surface area contributed by atoms with Crippen molar-refractivity contribution in [3.05, 3.63) is 40.4 Å². The van der Waals surface area contributed by atoms with E-state index in [-0.39, 0.29) is 5.78 Å². The molecule has 2 heteroatoms. The lowest BCUT2D eigenvalue weighted by Gasteiger charge is -2.00. The van der Waals surface area contributed by atoms with Crippen molar-refractivity contribution in [2.24, 2.45) is 0 Å². The predicted octanol–water partition coefficient (Wildman–Crippen LogP) is 3.44. The molecule has 1 aromatic rings. The lowest BCUT2D eigenvalue weighted by atomic mass is 10.1. The first-order valence-electron chi connectivity index (χ1n) is 4.04. The minimum absolute atomic E-state index is 0.0810. The molecule has 0 amide bonds.